The number of ether oxygens (including phenoxy) is 1. The SMILES string of the molecule is CC(C)Oc1cccc(CCCNC(=O)C2CCN(S(=O)(=O)c3ccc(F)cc3)CC2)c1. The van der Waals surface area contributed by atoms with Crippen LogP contribution in [0.25, 0.3) is 0 Å². The molecule has 0 aromatic heterocycles. The molecule has 1 amide bonds. The first-order valence-electron chi connectivity index (χ1n) is 11.0. The van der Waals surface area contributed by atoms with Gasteiger partial charge in [0.05, 0.1) is 11.0 Å². The molecular weight excluding hydrogens is 431 g/mol. The van der Waals surface area contributed by atoms with Crippen molar-refractivity contribution in [2.75, 3.05) is 19.6 Å². The fraction of sp³-hybridized carbons (Fsp3) is 0.458. The summed E-state index contributed by atoms with van der Waals surface area (Å²) in [7, 11) is -3.67. The number of nitrogens with zero attached hydrogens (tertiary/aromatic N) is 1. The lowest BCUT2D eigenvalue weighted by Crippen LogP contribution is -2.43. The summed E-state index contributed by atoms with van der Waals surface area (Å²) >= 11 is 0. The summed E-state index contributed by atoms with van der Waals surface area (Å²) in [5.41, 5.74) is 1.16. The van der Waals surface area contributed by atoms with Gasteiger partial charge in [0.2, 0.25) is 15.9 Å². The van der Waals surface area contributed by atoms with Gasteiger partial charge in [-0.15, -0.1) is 0 Å². The third-order valence-electron chi connectivity index (χ3n) is 5.49. The molecule has 0 radical (unpaired) electrons. The lowest BCUT2D eigenvalue weighted by atomic mass is 9.97. The summed E-state index contributed by atoms with van der Waals surface area (Å²) < 4.78 is 45.6. The van der Waals surface area contributed by atoms with Gasteiger partial charge >= 0.3 is 0 Å². The van der Waals surface area contributed by atoms with E-state index in [0.717, 1.165) is 36.3 Å². The molecule has 0 spiro atoms. The third kappa shape index (κ3) is 6.53. The minimum atomic E-state index is -3.67. The molecule has 0 saturated carbocycles. The molecule has 1 aliphatic rings. The second kappa shape index (κ2) is 10.9. The van der Waals surface area contributed by atoms with Gasteiger partial charge < -0.3 is 10.1 Å². The Kier molecular flexibility index (Phi) is 8.26. The van der Waals surface area contributed by atoms with E-state index in [1.807, 2.05) is 38.1 Å². The lowest BCUT2D eigenvalue weighted by molar-refractivity contribution is -0.126. The Morgan fingerprint density at radius 1 is 1.16 bits per heavy atom. The van der Waals surface area contributed by atoms with Crippen LogP contribution in [0.5, 0.6) is 5.75 Å². The Labute approximate surface area is 189 Å². The van der Waals surface area contributed by atoms with Crippen molar-refractivity contribution in [1.29, 1.82) is 0 Å². The van der Waals surface area contributed by atoms with Crippen LogP contribution in [0.1, 0.15) is 38.7 Å². The van der Waals surface area contributed by atoms with Gasteiger partial charge in [0.1, 0.15) is 11.6 Å². The fourth-order valence-electron chi connectivity index (χ4n) is 3.81. The molecule has 1 fully saturated rings. The zero-order valence-electron chi connectivity index (χ0n) is 18.6. The maximum absolute atomic E-state index is 13.1. The summed E-state index contributed by atoms with van der Waals surface area (Å²) in [6.45, 7) is 5.11. The molecule has 32 heavy (non-hydrogen) atoms. The predicted octanol–water partition coefficient (Wildman–Crippen LogP) is 3.76. The number of sulfonamides is 1. The highest BCUT2D eigenvalue weighted by Crippen LogP contribution is 2.24. The van der Waals surface area contributed by atoms with Crippen LogP contribution in [0.4, 0.5) is 4.39 Å². The fourth-order valence-corrected chi connectivity index (χ4v) is 5.28. The number of carbonyl (C=O) groups is 1. The van der Waals surface area contributed by atoms with E-state index >= 15 is 0 Å². The van der Waals surface area contributed by atoms with Crippen molar-refractivity contribution in [2.45, 2.75) is 50.5 Å². The van der Waals surface area contributed by atoms with Gasteiger partial charge in [-0.1, -0.05) is 12.1 Å². The molecular formula is C24H31FN2O4S. The Balaban J connectivity index is 1.41. The molecule has 2 aromatic carbocycles. The lowest BCUT2D eigenvalue weighted by Gasteiger charge is -2.30. The Morgan fingerprint density at radius 2 is 1.84 bits per heavy atom. The number of hydrogen-bond donors (Lipinski definition) is 1. The van der Waals surface area contributed by atoms with Crippen LogP contribution in [0, 0.1) is 11.7 Å². The Hall–Kier alpha value is -2.45. The maximum atomic E-state index is 13.1. The number of aryl methyl sites for hydroxylation is 1. The zero-order chi connectivity index (χ0) is 23.1. The van der Waals surface area contributed by atoms with Crippen molar-refractivity contribution in [3.8, 4) is 5.75 Å². The number of carbonyl (C=O) groups excluding carboxylic acids is 1. The minimum absolute atomic E-state index is 0.0271. The number of rotatable bonds is 9. The second-order valence-corrected chi connectivity index (χ2v) is 10.3. The van der Waals surface area contributed by atoms with Crippen LogP contribution in [0.3, 0.4) is 0 Å². The van der Waals surface area contributed by atoms with Gasteiger partial charge in [0, 0.05) is 25.6 Å². The first-order valence-corrected chi connectivity index (χ1v) is 12.5. The highest BCUT2D eigenvalue weighted by molar-refractivity contribution is 7.89. The second-order valence-electron chi connectivity index (χ2n) is 8.34. The van der Waals surface area contributed by atoms with Gasteiger partial charge in [-0.2, -0.15) is 4.31 Å². The minimum Gasteiger partial charge on any atom is -0.491 e. The molecule has 1 N–H and O–H groups in total. The van der Waals surface area contributed by atoms with Gasteiger partial charge in [0.25, 0.3) is 0 Å². The molecule has 1 saturated heterocycles. The molecule has 1 heterocycles. The van der Waals surface area contributed by atoms with Crippen molar-refractivity contribution in [2.24, 2.45) is 5.92 Å². The number of piperidine rings is 1. The van der Waals surface area contributed by atoms with Crippen molar-refractivity contribution in [3.63, 3.8) is 0 Å². The van der Waals surface area contributed by atoms with Crippen molar-refractivity contribution < 1.29 is 22.3 Å². The van der Waals surface area contributed by atoms with E-state index in [1.165, 1.54) is 16.4 Å². The van der Waals surface area contributed by atoms with Gasteiger partial charge in [-0.05, 0) is 81.5 Å². The van der Waals surface area contributed by atoms with Crippen molar-refractivity contribution >= 4 is 15.9 Å². The molecule has 0 atom stereocenters. The number of nitrogens with one attached hydrogen (secondary N) is 1. The number of hydrogen-bond acceptors (Lipinski definition) is 4. The molecule has 0 bridgehead atoms. The smallest absolute Gasteiger partial charge is 0.243 e. The average molecular weight is 463 g/mol. The Morgan fingerprint density at radius 3 is 2.50 bits per heavy atom. The van der Waals surface area contributed by atoms with E-state index in [0.29, 0.717) is 19.4 Å². The van der Waals surface area contributed by atoms with Crippen LogP contribution in [0.2, 0.25) is 0 Å². The Bertz CT molecular complexity index is 1000. The highest BCUT2D eigenvalue weighted by Gasteiger charge is 2.31. The molecule has 3 rings (SSSR count). The quantitative estimate of drug-likeness (QED) is 0.576. The van der Waals surface area contributed by atoms with E-state index in [9.17, 15) is 17.6 Å². The maximum Gasteiger partial charge on any atom is 0.243 e. The number of benzene rings is 2. The van der Waals surface area contributed by atoms with Crippen LogP contribution in [-0.2, 0) is 21.2 Å². The number of halogens is 1. The van der Waals surface area contributed by atoms with Crippen LogP contribution < -0.4 is 10.1 Å². The monoisotopic (exact) mass is 462 g/mol. The van der Waals surface area contributed by atoms with E-state index in [1.54, 1.807) is 0 Å². The van der Waals surface area contributed by atoms with E-state index in [4.69, 9.17) is 4.74 Å². The molecule has 8 heteroatoms. The first kappa shape index (κ1) is 24.2. The average Bonchev–Trinajstić information content (AvgIpc) is 2.77. The molecule has 1 aliphatic heterocycles. The topological polar surface area (TPSA) is 75.7 Å². The van der Waals surface area contributed by atoms with Gasteiger partial charge in [-0.3, -0.25) is 4.79 Å². The van der Waals surface area contributed by atoms with Crippen LogP contribution in [0.15, 0.2) is 53.4 Å². The summed E-state index contributed by atoms with van der Waals surface area (Å²) in [5, 5.41) is 2.98. The van der Waals surface area contributed by atoms with Crippen molar-refractivity contribution in [1.82, 2.24) is 9.62 Å². The van der Waals surface area contributed by atoms with Crippen LogP contribution in [-0.4, -0.2) is 44.4 Å². The molecule has 6 nitrogen and oxygen atoms in total. The number of amides is 1. The predicted molar refractivity (Wildman–Crippen MR) is 121 cm³/mol. The summed E-state index contributed by atoms with van der Waals surface area (Å²) in [4.78, 5) is 12.6. The van der Waals surface area contributed by atoms with Gasteiger partial charge in [-0.25, -0.2) is 12.8 Å². The summed E-state index contributed by atoms with van der Waals surface area (Å²) in [6, 6.07) is 12.8. The third-order valence-corrected chi connectivity index (χ3v) is 7.40. The summed E-state index contributed by atoms with van der Waals surface area (Å²) in [5.74, 6) is 0.151. The molecule has 0 unspecified atom stereocenters. The largest absolute Gasteiger partial charge is 0.491 e. The van der Waals surface area contributed by atoms with E-state index < -0.39 is 15.8 Å². The van der Waals surface area contributed by atoms with Gasteiger partial charge in [0.15, 0.2) is 0 Å². The van der Waals surface area contributed by atoms with Crippen LogP contribution >= 0.6 is 0 Å². The highest BCUT2D eigenvalue weighted by atomic mass is 32.2. The molecule has 0 aliphatic carbocycles. The first-order chi connectivity index (χ1) is 15.3. The standard InChI is InChI=1S/C24H31FN2O4S/c1-18(2)31-22-7-3-5-19(17-22)6-4-14-26-24(28)20-12-15-27(16-13-20)32(29,30)23-10-8-21(25)9-11-23/h3,5,7-11,17-18,20H,4,6,12-16H2,1-2H3,(H,26,28). The van der Waals surface area contributed by atoms with Crippen molar-refractivity contribution in [3.05, 3.63) is 59.9 Å². The normalized spacial score (nSPS) is 15.6. The summed E-state index contributed by atoms with van der Waals surface area (Å²) in [6.07, 6.45) is 2.72. The molecule has 2 aromatic rings. The zero-order valence-corrected chi connectivity index (χ0v) is 19.4. The molecule has 174 valence electrons. The van der Waals surface area contributed by atoms with E-state index in [-0.39, 0.29) is 35.9 Å². The van der Waals surface area contributed by atoms with E-state index in [2.05, 4.69) is 5.32 Å².